The Labute approximate surface area is 121 Å². The molecule has 0 aromatic heterocycles. The second-order valence-corrected chi connectivity index (χ2v) is 4.78. The number of phenolic OH excluding ortho intramolecular Hbond substituents is 1. The zero-order valence-corrected chi connectivity index (χ0v) is 11.7. The summed E-state index contributed by atoms with van der Waals surface area (Å²) in [5.74, 6) is -1.86. The van der Waals surface area contributed by atoms with Crippen molar-refractivity contribution >= 4 is 11.8 Å². The van der Waals surface area contributed by atoms with E-state index in [1.165, 1.54) is 17.0 Å². The Morgan fingerprint density at radius 1 is 1.52 bits per heavy atom. The molecule has 1 aliphatic rings. The van der Waals surface area contributed by atoms with Crippen LogP contribution < -0.4 is 10.6 Å². The van der Waals surface area contributed by atoms with E-state index in [2.05, 4.69) is 10.6 Å². The molecular weight excluding hydrogens is 277 g/mol. The molecule has 0 bridgehead atoms. The first kappa shape index (κ1) is 15.2. The molecule has 7 heteroatoms. The third kappa shape index (κ3) is 3.30. The Bertz CT molecular complexity index is 550. The number of phenols is 1. The smallest absolute Gasteiger partial charge is 0.257 e. The molecule has 1 aromatic carbocycles. The number of carbonyl (C=O) groups is 2. The van der Waals surface area contributed by atoms with Gasteiger partial charge < -0.3 is 20.6 Å². The van der Waals surface area contributed by atoms with Gasteiger partial charge in [0.15, 0.2) is 0 Å². The number of rotatable bonds is 3. The number of likely N-dealkylation sites (N-methyl/N-ethyl adjacent to an activating group) is 1. The van der Waals surface area contributed by atoms with Gasteiger partial charge in [0.05, 0.1) is 5.56 Å². The van der Waals surface area contributed by atoms with Crippen molar-refractivity contribution in [1.82, 2.24) is 15.5 Å². The third-order valence-corrected chi connectivity index (χ3v) is 3.34. The van der Waals surface area contributed by atoms with Gasteiger partial charge in [-0.25, -0.2) is 4.39 Å². The topological polar surface area (TPSA) is 81.7 Å². The monoisotopic (exact) mass is 295 g/mol. The SMILES string of the molecule is CCNC(=O)C1CNCCN1C(=O)c1ccc(O)cc1F. The first-order chi connectivity index (χ1) is 10.0. The number of nitrogens with zero attached hydrogens (tertiary/aromatic N) is 1. The van der Waals surface area contributed by atoms with Crippen LogP contribution in [0.25, 0.3) is 0 Å². The summed E-state index contributed by atoms with van der Waals surface area (Å²) in [6.45, 7) is 3.45. The summed E-state index contributed by atoms with van der Waals surface area (Å²) in [5.41, 5.74) is -0.149. The molecule has 114 valence electrons. The van der Waals surface area contributed by atoms with E-state index in [0.717, 1.165) is 6.07 Å². The average Bonchev–Trinajstić information content (AvgIpc) is 2.47. The van der Waals surface area contributed by atoms with Gasteiger partial charge in [-0.05, 0) is 19.1 Å². The number of carbonyl (C=O) groups excluding carboxylic acids is 2. The second-order valence-electron chi connectivity index (χ2n) is 4.78. The van der Waals surface area contributed by atoms with Gasteiger partial charge in [-0.1, -0.05) is 0 Å². The summed E-state index contributed by atoms with van der Waals surface area (Å²) in [6.07, 6.45) is 0. The molecule has 0 radical (unpaired) electrons. The molecule has 3 N–H and O–H groups in total. The molecule has 0 saturated carbocycles. The lowest BCUT2D eigenvalue weighted by Crippen LogP contribution is -2.59. The van der Waals surface area contributed by atoms with Crippen molar-refractivity contribution in [2.24, 2.45) is 0 Å². The van der Waals surface area contributed by atoms with Crippen LogP contribution in [0.1, 0.15) is 17.3 Å². The summed E-state index contributed by atoms with van der Waals surface area (Å²) in [7, 11) is 0. The van der Waals surface area contributed by atoms with Crippen LogP contribution in [0.4, 0.5) is 4.39 Å². The van der Waals surface area contributed by atoms with Crippen LogP contribution in [0.15, 0.2) is 18.2 Å². The molecule has 0 spiro atoms. The lowest BCUT2D eigenvalue weighted by atomic mass is 10.1. The summed E-state index contributed by atoms with van der Waals surface area (Å²) < 4.78 is 13.8. The quantitative estimate of drug-likeness (QED) is 0.738. The highest BCUT2D eigenvalue weighted by Gasteiger charge is 2.33. The Kier molecular flexibility index (Phi) is 4.74. The van der Waals surface area contributed by atoms with Crippen molar-refractivity contribution in [3.05, 3.63) is 29.6 Å². The summed E-state index contributed by atoms with van der Waals surface area (Å²) >= 11 is 0. The van der Waals surface area contributed by atoms with E-state index >= 15 is 0 Å². The predicted molar refractivity (Wildman–Crippen MR) is 74.4 cm³/mol. The molecule has 1 aromatic rings. The maximum absolute atomic E-state index is 13.8. The molecule has 1 fully saturated rings. The van der Waals surface area contributed by atoms with Crippen LogP contribution in [-0.2, 0) is 4.79 Å². The third-order valence-electron chi connectivity index (χ3n) is 3.34. The first-order valence-corrected chi connectivity index (χ1v) is 6.82. The number of aromatic hydroxyl groups is 1. The fourth-order valence-corrected chi connectivity index (χ4v) is 2.31. The minimum Gasteiger partial charge on any atom is -0.508 e. The lowest BCUT2D eigenvalue weighted by molar-refractivity contribution is -0.126. The van der Waals surface area contributed by atoms with Gasteiger partial charge in [-0.2, -0.15) is 0 Å². The predicted octanol–water partition coefficient (Wildman–Crippen LogP) is 0.0814. The van der Waals surface area contributed by atoms with E-state index in [4.69, 9.17) is 0 Å². The fourth-order valence-electron chi connectivity index (χ4n) is 2.31. The van der Waals surface area contributed by atoms with Gasteiger partial charge in [0.25, 0.3) is 5.91 Å². The van der Waals surface area contributed by atoms with Crippen molar-refractivity contribution in [2.75, 3.05) is 26.2 Å². The minimum absolute atomic E-state index is 0.149. The highest BCUT2D eigenvalue weighted by molar-refractivity contribution is 5.98. The molecule has 21 heavy (non-hydrogen) atoms. The van der Waals surface area contributed by atoms with Crippen molar-refractivity contribution in [1.29, 1.82) is 0 Å². The van der Waals surface area contributed by atoms with Gasteiger partial charge in [0, 0.05) is 32.2 Å². The Hall–Kier alpha value is -2.15. The molecule has 2 amide bonds. The minimum atomic E-state index is -0.798. The molecule has 1 unspecified atom stereocenters. The first-order valence-electron chi connectivity index (χ1n) is 6.82. The van der Waals surface area contributed by atoms with Gasteiger partial charge in [-0.15, -0.1) is 0 Å². The van der Waals surface area contributed by atoms with Crippen LogP contribution in [0.5, 0.6) is 5.75 Å². The molecular formula is C14H18FN3O3. The number of hydrogen-bond acceptors (Lipinski definition) is 4. The Morgan fingerprint density at radius 2 is 2.29 bits per heavy atom. The number of benzene rings is 1. The fraction of sp³-hybridized carbons (Fsp3) is 0.429. The highest BCUT2D eigenvalue weighted by atomic mass is 19.1. The number of piperazine rings is 1. The Morgan fingerprint density at radius 3 is 2.95 bits per heavy atom. The van der Waals surface area contributed by atoms with E-state index in [1.54, 1.807) is 6.92 Å². The number of amides is 2. The molecule has 2 rings (SSSR count). The Balaban J connectivity index is 2.24. The van der Waals surface area contributed by atoms with Crippen molar-refractivity contribution in [2.45, 2.75) is 13.0 Å². The van der Waals surface area contributed by atoms with Crippen LogP contribution in [0, 0.1) is 5.82 Å². The average molecular weight is 295 g/mol. The van der Waals surface area contributed by atoms with Crippen LogP contribution in [0.2, 0.25) is 0 Å². The zero-order chi connectivity index (χ0) is 15.4. The van der Waals surface area contributed by atoms with Crippen LogP contribution in [0.3, 0.4) is 0 Å². The summed E-state index contributed by atoms with van der Waals surface area (Å²) in [6, 6.07) is 2.69. The summed E-state index contributed by atoms with van der Waals surface area (Å²) in [4.78, 5) is 25.8. The van der Waals surface area contributed by atoms with Crippen molar-refractivity contribution in [3.63, 3.8) is 0 Å². The van der Waals surface area contributed by atoms with E-state index in [9.17, 15) is 19.1 Å². The van der Waals surface area contributed by atoms with E-state index in [0.29, 0.717) is 26.2 Å². The second kappa shape index (κ2) is 6.53. The van der Waals surface area contributed by atoms with E-state index in [1.807, 2.05) is 0 Å². The van der Waals surface area contributed by atoms with Crippen molar-refractivity contribution < 1.29 is 19.1 Å². The maximum Gasteiger partial charge on any atom is 0.257 e. The van der Waals surface area contributed by atoms with Crippen LogP contribution in [-0.4, -0.2) is 54.0 Å². The molecule has 1 heterocycles. The molecule has 6 nitrogen and oxygen atoms in total. The largest absolute Gasteiger partial charge is 0.508 e. The summed E-state index contributed by atoms with van der Waals surface area (Å²) in [5, 5.41) is 14.9. The maximum atomic E-state index is 13.8. The van der Waals surface area contributed by atoms with Gasteiger partial charge in [-0.3, -0.25) is 9.59 Å². The van der Waals surface area contributed by atoms with E-state index in [-0.39, 0.29) is 17.2 Å². The number of nitrogens with one attached hydrogen (secondary N) is 2. The highest BCUT2D eigenvalue weighted by Crippen LogP contribution is 2.18. The van der Waals surface area contributed by atoms with E-state index < -0.39 is 17.8 Å². The van der Waals surface area contributed by atoms with Gasteiger partial charge in [0.1, 0.15) is 17.6 Å². The molecule has 0 aliphatic carbocycles. The van der Waals surface area contributed by atoms with Crippen molar-refractivity contribution in [3.8, 4) is 5.75 Å². The molecule has 1 saturated heterocycles. The van der Waals surface area contributed by atoms with Gasteiger partial charge in [0.2, 0.25) is 5.91 Å². The zero-order valence-electron chi connectivity index (χ0n) is 11.7. The number of hydrogen-bond donors (Lipinski definition) is 3. The van der Waals surface area contributed by atoms with Gasteiger partial charge >= 0.3 is 0 Å². The lowest BCUT2D eigenvalue weighted by Gasteiger charge is -2.35. The number of halogens is 1. The standard InChI is InChI=1S/C14H18FN3O3/c1-2-17-13(20)12-8-16-5-6-18(12)14(21)10-4-3-9(19)7-11(10)15/h3-4,7,12,16,19H,2,5-6,8H2,1H3,(H,17,20). The van der Waals surface area contributed by atoms with Crippen LogP contribution >= 0.6 is 0 Å². The normalized spacial score (nSPS) is 18.4. The molecule has 1 aliphatic heterocycles. The molecule has 1 atom stereocenters.